The van der Waals surface area contributed by atoms with Crippen molar-refractivity contribution < 1.29 is 4.79 Å². The number of carbonyl (C=O) groups excluding carboxylic acids is 1. The molecule has 2 nitrogen and oxygen atoms in total. The van der Waals surface area contributed by atoms with Crippen LogP contribution in [0.4, 0.5) is 5.69 Å². The minimum atomic E-state index is 0.105. The number of hydrogen-bond donors (Lipinski definition) is 0. The molecule has 1 aromatic carbocycles. The highest BCUT2D eigenvalue weighted by Crippen LogP contribution is 2.35. The second kappa shape index (κ2) is 3.29. The molecule has 0 N–H and O–H groups in total. The van der Waals surface area contributed by atoms with Gasteiger partial charge in [-0.2, -0.15) is 0 Å². The van der Waals surface area contributed by atoms with Crippen LogP contribution in [0.15, 0.2) is 30.3 Å². The molecule has 1 amide bonds. The Hall–Kier alpha value is -1.57. The normalized spacial score (nSPS) is 17.7. The smallest absolute Gasteiger partial charge is 0.258 e. The number of nitrogens with zero attached hydrogens (tertiary/aromatic N) is 1. The van der Waals surface area contributed by atoms with Gasteiger partial charge in [0, 0.05) is 18.2 Å². The molecule has 2 rings (SSSR count). The van der Waals surface area contributed by atoms with Crippen molar-refractivity contribution in [2.24, 2.45) is 0 Å². The van der Waals surface area contributed by atoms with Gasteiger partial charge in [-0.1, -0.05) is 31.2 Å². The summed E-state index contributed by atoms with van der Waals surface area (Å²) in [5.41, 5.74) is 2.91. The Morgan fingerprint density at radius 3 is 2.79 bits per heavy atom. The van der Waals surface area contributed by atoms with Crippen molar-refractivity contribution in [1.29, 1.82) is 0 Å². The predicted octanol–water partition coefficient (Wildman–Crippen LogP) is 2.46. The van der Waals surface area contributed by atoms with Gasteiger partial charge in [-0.3, -0.25) is 4.79 Å². The molecule has 0 saturated carbocycles. The molecule has 0 spiro atoms. The number of anilines is 1. The number of rotatable bonds is 1. The molecule has 1 aromatic rings. The molecule has 72 valence electrons. The van der Waals surface area contributed by atoms with Gasteiger partial charge in [-0.15, -0.1) is 0 Å². The first-order valence-electron chi connectivity index (χ1n) is 4.83. The van der Waals surface area contributed by atoms with E-state index < -0.39 is 0 Å². The Morgan fingerprint density at radius 1 is 1.36 bits per heavy atom. The highest BCUT2D eigenvalue weighted by molar-refractivity contribution is 6.32. The number of likely N-dealkylation sites (N-methyl/N-ethyl adjacent to an activating group) is 1. The van der Waals surface area contributed by atoms with E-state index in [0.29, 0.717) is 0 Å². The number of benzene rings is 1. The van der Waals surface area contributed by atoms with E-state index >= 15 is 0 Å². The van der Waals surface area contributed by atoms with Crippen LogP contribution in [0.2, 0.25) is 0 Å². The van der Waals surface area contributed by atoms with Crippen LogP contribution in [0.5, 0.6) is 0 Å². The summed E-state index contributed by atoms with van der Waals surface area (Å²) in [7, 11) is 1.82. The van der Waals surface area contributed by atoms with Crippen LogP contribution in [0.3, 0.4) is 0 Å². The lowest BCUT2D eigenvalue weighted by atomic mass is 10.1. The molecule has 1 aliphatic heterocycles. The molecular weight excluding hydrogens is 174 g/mol. The summed E-state index contributed by atoms with van der Waals surface area (Å²) in [6.45, 7) is 2.04. The van der Waals surface area contributed by atoms with Crippen LogP contribution in [0.1, 0.15) is 18.9 Å². The van der Waals surface area contributed by atoms with Crippen LogP contribution in [-0.2, 0) is 4.79 Å². The highest BCUT2D eigenvalue weighted by Gasteiger charge is 2.28. The lowest BCUT2D eigenvalue weighted by molar-refractivity contribution is -0.112. The zero-order chi connectivity index (χ0) is 10.1. The largest absolute Gasteiger partial charge is 0.311 e. The van der Waals surface area contributed by atoms with Gasteiger partial charge in [-0.25, -0.2) is 0 Å². The molecule has 2 heteroatoms. The topological polar surface area (TPSA) is 20.3 Å². The standard InChI is InChI=1S/C12H13NO/c1-3-6-10-9-7-4-5-8-11(9)13(2)12(10)14/h4-8H,3H2,1-2H3/b10-6+. The Kier molecular flexibility index (Phi) is 2.12. The van der Waals surface area contributed by atoms with Gasteiger partial charge in [0.05, 0.1) is 5.69 Å². The van der Waals surface area contributed by atoms with Crippen molar-refractivity contribution >= 4 is 17.2 Å². The zero-order valence-corrected chi connectivity index (χ0v) is 8.45. The van der Waals surface area contributed by atoms with E-state index in [1.54, 1.807) is 4.90 Å². The van der Waals surface area contributed by atoms with Gasteiger partial charge in [0.15, 0.2) is 0 Å². The molecule has 14 heavy (non-hydrogen) atoms. The number of para-hydroxylation sites is 1. The third-order valence-corrected chi connectivity index (χ3v) is 2.50. The van der Waals surface area contributed by atoms with Crippen LogP contribution in [0, 0.1) is 0 Å². The molecule has 0 aromatic heterocycles. The molecule has 1 heterocycles. The molecule has 0 fully saturated rings. The second-order valence-electron chi connectivity index (χ2n) is 3.41. The summed E-state index contributed by atoms with van der Waals surface area (Å²) >= 11 is 0. The lowest BCUT2D eigenvalue weighted by Gasteiger charge is -2.07. The molecule has 0 aliphatic carbocycles. The van der Waals surface area contributed by atoms with Crippen LogP contribution in [-0.4, -0.2) is 13.0 Å². The van der Waals surface area contributed by atoms with Crippen LogP contribution >= 0.6 is 0 Å². The Labute approximate surface area is 83.8 Å². The monoisotopic (exact) mass is 187 g/mol. The summed E-state index contributed by atoms with van der Waals surface area (Å²) in [6, 6.07) is 7.90. The highest BCUT2D eigenvalue weighted by atomic mass is 16.2. The maximum atomic E-state index is 11.8. The maximum absolute atomic E-state index is 11.8. The maximum Gasteiger partial charge on any atom is 0.258 e. The first-order chi connectivity index (χ1) is 6.75. The summed E-state index contributed by atoms with van der Waals surface area (Å²) in [6.07, 6.45) is 2.88. The van der Waals surface area contributed by atoms with Crippen LogP contribution < -0.4 is 4.90 Å². The summed E-state index contributed by atoms with van der Waals surface area (Å²) in [5.74, 6) is 0.105. The summed E-state index contributed by atoms with van der Waals surface area (Å²) in [4.78, 5) is 13.5. The van der Waals surface area contributed by atoms with E-state index in [0.717, 1.165) is 23.2 Å². The molecule has 0 unspecified atom stereocenters. The van der Waals surface area contributed by atoms with Gasteiger partial charge < -0.3 is 4.90 Å². The number of hydrogen-bond acceptors (Lipinski definition) is 1. The third kappa shape index (κ3) is 1.15. The minimum Gasteiger partial charge on any atom is -0.311 e. The van der Waals surface area contributed by atoms with E-state index in [9.17, 15) is 4.79 Å². The van der Waals surface area contributed by atoms with E-state index in [1.165, 1.54) is 0 Å². The third-order valence-electron chi connectivity index (χ3n) is 2.50. The Balaban J connectivity index is 2.59. The van der Waals surface area contributed by atoms with Crippen molar-refractivity contribution in [3.8, 4) is 0 Å². The van der Waals surface area contributed by atoms with Crippen LogP contribution in [0.25, 0.3) is 5.57 Å². The number of allylic oxidation sites excluding steroid dienone is 1. The SMILES string of the molecule is CC/C=C1/C(=O)N(C)c2ccccc21. The van der Waals surface area contributed by atoms with Gasteiger partial charge in [0.1, 0.15) is 0 Å². The van der Waals surface area contributed by atoms with Gasteiger partial charge >= 0.3 is 0 Å². The quantitative estimate of drug-likeness (QED) is 0.618. The first-order valence-corrected chi connectivity index (χ1v) is 4.83. The van der Waals surface area contributed by atoms with Crippen molar-refractivity contribution in [2.75, 3.05) is 11.9 Å². The number of amides is 1. The van der Waals surface area contributed by atoms with Crippen molar-refractivity contribution in [3.05, 3.63) is 35.9 Å². The second-order valence-corrected chi connectivity index (χ2v) is 3.41. The first kappa shape index (κ1) is 9.00. The van der Waals surface area contributed by atoms with E-state index in [-0.39, 0.29) is 5.91 Å². The fourth-order valence-electron chi connectivity index (χ4n) is 1.80. The zero-order valence-electron chi connectivity index (χ0n) is 8.45. The number of fused-ring (bicyclic) bond motifs is 1. The molecule has 1 aliphatic rings. The fraction of sp³-hybridized carbons (Fsp3) is 0.250. The van der Waals surface area contributed by atoms with E-state index in [1.807, 2.05) is 44.3 Å². The molecule has 0 bridgehead atoms. The van der Waals surface area contributed by atoms with Crippen molar-refractivity contribution in [3.63, 3.8) is 0 Å². The van der Waals surface area contributed by atoms with E-state index in [2.05, 4.69) is 0 Å². The molecular formula is C12H13NO. The number of carbonyl (C=O) groups is 1. The van der Waals surface area contributed by atoms with E-state index in [4.69, 9.17) is 0 Å². The molecule has 0 radical (unpaired) electrons. The molecule has 0 atom stereocenters. The average molecular weight is 187 g/mol. The minimum absolute atomic E-state index is 0.105. The lowest BCUT2D eigenvalue weighted by Crippen LogP contribution is -2.20. The van der Waals surface area contributed by atoms with Gasteiger partial charge in [0.2, 0.25) is 0 Å². The fourth-order valence-corrected chi connectivity index (χ4v) is 1.80. The van der Waals surface area contributed by atoms with Gasteiger partial charge in [-0.05, 0) is 12.5 Å². The average Bonchev–Trinajstić information content (AvgIpc) is 2.45. The Bertz CT molecular complexity index is 407. The van der Waals surface area contributed by atoms with Crippen molar-refractivity contribution in [1.82, 2.24) is 0 Å². The summed E-state index contributed by atoms with van der Waals surface area (Å²) in [5, 5.41) is 0. The van der Waals surface area contributed by atoms with Crippen molar-refractivity contribution in [2.45, 2.75) is 13.3 Å². The Morgan fingerprint density at radius 2 is 2.07 bits per heavy atom. The molecule has 0 saturated heterocycles. The predicted molar refractivity (Wildman–Crippen MR) is 58.1 cm³/mol. The summed E-state index contributed by atoms with van der Waals surface area (Å²) < 4.78 is 0. The van der Waals surface area contributed by atoms with Gasteiger partial charge in [0.25, 0.3) is 5.91 Å².